The van der Waals surface area contributed by atoms with Crippen molar-refractivity contribution in [3.05, 3.63) is 69.8 Å². The van der Waals surface area contributed by atoms with Crippen molar-refractivity contribution in [3.8, 4) is 0 Å². The largest absolute Gasteiger partial charge is 0.207 e. The van der Waals surface area contributed by atoms with Gasteiger partial charge in [0.1, 0.15) is 11.6 Å². The van der Waals surface area contributed by atoms with Crippen molar-refractivity contribution in [1.29, 1.82) is 0 Å². The first kappa shape index (κ1) is 14.7. The first-order valence-corrected chi connectivity index (χ1v) is 8.20. The lowest BCUT2D eigenvalue weighted by molar-refractivity contribution is 0.555. The number of halogens is 3. The maximum Gasteiger partial charge on any atom is 0.133 e. The third kappa shape index (κ3) is 2.76. The Morgan fingerprint density at radius 2 is 1.71 bits per heavy atom. The fourth-order valence-corrected chi connectivity index (χ4v) is 3.69. The first-order valence-electron chi connectivity index (χ1n) is 7.28. The summed E-state index contributed by atoms with van der Waals surface area (Å²) in [5.41, 5.74) is 4.17. The smallest absolute Gasteiger partial charge is 0.133 e. The van der Waals surface area contributed by atoms with E-state index >= 15 is 0 Å². The van der Waals surface area contributed by atoms with E-state index in [9.17, 15) is 8.78 Å². The number of benzene rings is 2. The lowest BCUT2D eigenvalue weighted by Crippen LogP contribution is -2.06. The number of hydrogen-bond donors (Lipinski definition) is 0. The van der Waals surface area contributed by atoms with Crippen LogP contribution < -0.4 is 0 Å². The molecule has 0 fully saturated rings. The van der Waals surface area contributed by atoms with Gasteiger partial charge in [0.15, 0.2) is 0 Å². The van der Waals surface area contributed by atoms with Crippen molar-refractivity contribution in [3.63, 3.8) is 0 Å². The second kappa shape index (κ2) is 5.88. The molecule has 0 saturated heterocycles. The van der Waals surface area contributed by atoms with E-state index in [4.69, 9.17) is 0 Å². The molecule has 0 nitrogen and oxygen atoms in total. The highest BCUT2D eigenvalue weighted by molar-refractivity contribution is 9.09. The average molecular weight is 351 g/mol. The molecule has 1 unspecified atom stereocenters. The second-order valence-corrected chi connectivity index (χ2v) is 6.61. The van der Waals surface area contributed by atoms with E-state index in [0.29, 0.717) is 5.56 Å². The number of rotatable bonds is 2. The molecule has 0 amide bonds. The highest BCUT2D eigenvalue weighted by Gasteiger charge is 2.22. The van der Waals surface area contributed by atoms with Crippen molar-refractivity contribution >= 4 is 15.9 Å². The minimum Gasteiger partial charge on any atom is -0.207 e. The van der Waals surface area contributed by atoms with Crippen LogP contribution in [0.15, 0.2) is 30.3 Å². The van der Waals surface area contributed by atoms with Crippen LogP contribution in [0.3, 0.4) is 0 Å². The Kier molecular flexibility index (Phi) is 4.12. The first-order chi connectivity index (χ1) is 10.1. The molecule has 1 aliphatic rings. The lowest BCUT2D eigenvalue weighted by Gasteiger charge is -2.19. The van der Waals surface area contributed by atoms with E-state index in [1.807, 2.05) is 6.07 Å². The van der Waals surface area contributed by atoms with Crippen molar-refractivity contribution in [1.82, 2.24) is 0 Å². The van der Waals surface area contributed by atoms with Crippen LogP contribution in [0.25, 0.3) is 0 Å². The molecule has 0 bridgehead atoms. The van der Waals surface area contributed by atoms with Crippen molar-refractivity contribution in [2.45, 2.75) is 37.4 Å². The zero-order valence-electron chi connectivity index (χ0n) is 11.9. The van der Waals surface area contributed by atoms with Crippen LogP contribution in [0.1, 0.15) is 45.5 Å². The molecular weight excluding hydrogens is 334 g/mol. The van der Waals surface area contributed by atoms with Crippen molar-refractivity contribution in [2.24, 2.45) is 0 Å². The summed E-state index contributed by atoms with van der Waals surface area (Å²) in [6.45, 7) is 1.66. The molecule has 0 spiro atoms. The fraction of sp³-hybridized carbons (Fsp3) is 0.333. The molecule has 3 rings (SSSR count). The Morgan fingerprint density at radius 1 is 1.00 bits per heavy atom. The molecule has 1 aliphatic carbocycles. The second-order valence-electron chi connectivity index (χ2n) is 5.69. The predicted molar refractivity (Wildman–Crippen MR) is 84.9 cm³/mol. The summed E-state index contributed by atoms with van der Waals surface area (Å²) in [7, 11) is 0. The molecule has 3 heteroatoms. The molecule has 110 valence electrons. The molecule has 0 aliphatic heterocycles. The van der Waals surface area contributed by atoms with Crippen molar-refractivity contribution < 1.29 is 8.78 Å². The molecule has 1 atom stereocenters. The van der Waals surface area contributed by atoms with Crippen molar-refractivity contribution in [2.75, 3.05) is 0 Å². The van der Waals surface area contributed by atoms with E-state index in [0.717, 1.165) is 18.4 Å². The third-order valence-electron chi connectivity index (χ3n) is 4.24. The van der Waals surface area contributed by atoms with Gasteiger partial charge in [0.25, 0.3) is 0 Å². The predicted octanol–water partition coefficient (Wildman–Crippen LogP) is 5.64. The van der Waals surface area contributed by atoms with Gasteiger partial charge in [0, 0.05) is 5.56 Å². The fourth-order valence-electron chi connectivity index (χ4n) is 2.99. The summed E-state index contributed by atoms with van der Waals surface area (Å²) < 4.78 is 28.3. The Bertz CT molecular complexity index is 679. The van der Waals surface area contributed by atoms with Gasteiger partial charge in [-0.1, -0.05) is 40.2 Å². The maximum absolute atomic E-state index is 14.3. The van der Waals surface area contributed by atoms with E-state index in [1.165, 1.54) is 36.1 Å². The van der Waals surface area contributed by atoms with E-state index in [2.05, 4.69) is 28.1 Å². The van der Waals surface area contributed by atoms with Gasteiger partial charge in [-0.3, -0.25) is 0 Å². The molecule has 0 heterocycles. The Balaban J connectivity index is 2.03. The molecule has 0 N–H and O–H groups in total. The van der Waals surface area contributed by atoms with Crippen LogP contribution in [-0.4, -0.2) is 0 Å². The Hall–Kier alpha value is -1.22. The zero-order valence-corrected chi connectivity index (χ0v) is 13.5. The van der Waals surface area contributed by atoms with Crippen LogP contribution in [0.5, 0.6) is 0 Å². The number of aryl methyl sites for hydroxylation is 3. The van der Waals surface area contributed by atoms with Gasteiger partial charge in [-0.15, -0.1) is 0 Å². The summed E-state index contributed by atoms with van der Waals surface area (Å²) >= 11 is 3.48. The van der Waals surface area contributed by atoms with Crippen LogP contribution >= 0.6 is 15.9 Å². The van der Waals surface area contributed by atoms with E-state index in [1.54, 1.807) is 6.92 Å². The topological polar surface area (TPSA) is 0 Å². The highest BCUT2D eigenvalue weighted by atomic mass is 79.9. The van der Waals surface area contributed by atoms with Crippen LogP contribution in [0.4, 0.5) is 8.78 Å². The summed E-state index contributed by atoms with van der Waals surface area (Å²) in [4.78, 5) is -0.454. The summed E-state index contributed by atoms with van der Waals surface area (Å²) in [5, 5.41) is 0. The standard InChI is InChI=1S/C18H17BrF2/c1-11-6-9-15(20)16(18(11)21)17(19)14-8-7-12-4-2-3-5-13(12)10-14/h6-10,17H,2-5H2,1H3. The van der Waals surface area contributed by atoms with Crippen LogP contribution in [0.2, 0.25) is 0 Å². The van der Waals surface area contributed by atoms with E-state index < -0.39 is 16.5 Å². The van der Waals surface area contributed by atoms with Crippen LogP contribution in [0, 0.1) is 18.6 Å². The third-order valence-corrected chi connectivity index (χ3v) is 5.22. The lowest BCUT2D eigenvalue weighted by atomic mass is 9.89. The molecule has 2 aromatic rings. The summed E-state index contributed by atoms with van der Waals surface area (Å²) in [6, 6.07) is 8.98. The molecule has 0 saturated carbocycles. The normalized spacial score (nSPS) is 15.6. The Morgan fingerprint density at radius 3 is 2.48 bits per heavy atom. The summed E-state index contributed by atoms with van der Waals surface area (Å²) in [5.74, 6) is -0.965. The van der Waals surface area contributed by atoms with Gasteiger partial charge in [0.2, 0.25) is 0 Å². The van der Waals surface area contributed by atoms with Gasteiger partial charge in [-0.25, -0.2) is 8.78 Å². The minimum absolute atomic E-state index is 0.103. The SMILES string of the molecule is Cc1ccc(F)c(C(Br)c2ccc3c(c2)CCCC3)c1F. The monoisotopic (exact) mass is 350 g/mol. The van der Waals surface area contributed by atoms with Gasteiger partial charge in [-0.05, 0) is 60.9 Å². The molecule has 0 aromatic heterocycles. The van der Waals surface area contributed by atoms with Crippen LogP contribution in [-0.2, 0) is 12.8 Å². The van der Waals surface area contributed by atoms with Gasteiger partial charge in [-0.2, -0.15) is 0 Å². The molecule has 21 heavy (non-hydrogen) atoms. The maximum atomic E-state index is 14.3. The van der Waals surface area contributed by atoms with Gasteiger partial charge in [0.05, 0.1) is 4.83 Å². The zero-order chi connectivity index (χ0) is 15.0. The number of fused-ring (bicyclic) bond motifs is 1. The molecular formula is C18H17BrF2. The number of alkyl halides is 1. The Labute approximate surface area is 132 Å². The van der Waals surface area contributed by atoms with E-state index in [-0.39, 0.29) is 5.56 Å². The highest BCUT2D eigenvalue weighted by Crippen LogP contribution is 2.36. The average Bonchev–Trinajstić information content (AvgIpc) is 2.51. The van der Waals surface area contributed by atoms with Gasteiger partial charge < -0.3 is 0 Å². The molecule has 2 aromatic carbocycles. The van der Waals surface area contributed by atoms with Gasteiger partial charge >= 0.3 is 0 Å². The summed E-state index contributed by atoms with van der Waals surface area (Å²) in [6.07, 6.45) is 4.58. The molecule has 0 radical (unpaired) electrons. The quantitative estimate of drug-likeness (QED) is 0.615. The number of hydrogen-bond acceptors (Lipinski definition) is 0. The minimum atomic E-state index is -0.502.